The highest BCUT2D eigenvalue weighted by Crippen LogP contribution is 2.32. The summed E-state index contributed by atoms with van der Waals surface area (Å²) in [5.41, 5.74) is -1.16. The molecule has 0 aromatic heterocycles. The maximum Gasteiger partial charge on any atom is 0.517 e. The van der Waals surface area contributed by atoms with Gasteiger partial charge in [-0.05, 0) is 12.3 Å². The second kappa shape index (κ2) is 4.30. The standard InChI is InChI=1S/C7H9ClO4/c8-6(9)12-7(10)11-4-3-5-1-2-5/h5H,1-4H2. The normalized spacial score (nSPS) is 15.4. The molecule has 0 spiro atoms. The van der Waals surface area contributed by atoms with E-state index in [2.05, 4.69) is 9.47 Å². The smallest absolute Gasteiger partial charge is 0.434 e. The maximum absolute atomic E-state index is 10.5. The Bertz CT molecular complexity index is 188. The number of carbonyl (C=O) groups excluding carboxylic acids is 2. The number of halogens is 1. The van der Waals surface area contributed by atoms with E-state index >= 15 is 0 Å². The largest absolute Gasteiger partial charge is 0.517 e. The maximum atomic E-state index is 10.5. The molecule has 12 heavy (non-hydrogen) atoms. The predicted molar refractivity (Wildman–Crippen MR) is 41.0 cm³/mol. The number of ether oxygens (including phenoxy) is 2. The molecule has 68 valence electrons. The first kappa shape index (κ1) is 9.32. The second-order valence-electron chi connectivity index (χ2n) is 2.67. The Morgan fingerprint density at radius 3 is 2.58 bits per heavy atom. The minimum absolute atomic E-state index is 0.299. The number of hydrogen-bond donors (Lipinski definition) is 0. The first-order valence-electron chi connectivity index (χ1n) is 3.72. The summed E-state index contributed by atoms with van der Waals surface area (Å²) in [6, 6.07) is 0. The van der Waals surface area contributed by atoms with Crippen molar-refractivity contribution in [3.8, 4) is 0 Å². The summed E-state index contributed by atoms with van der Waals surface area (Å²) in [5, 5.41) is 0. The van der Waals surface area contributed by atoms with Crippen molar-refractivity contribution in [2.24, 2.45) is 5.92 Å². The molecular formula is C7H9ClO4. The summed E-state index contributed by atoms with van der Waals surface area (Å²) in [4.78, 5) is 20.5. The van der Waals surface area contributed by atoms with Crippen LogP contribution in [0.2, 0.25) is 0 Å². The fourth-order valence-corrected chi connectivity index (χ4v) is 0.873. The molecule has 1 aliphatic rings. The van der Waals surface area contributed by atoms with Crippen molar-refractivity contribution < 1.29 is 19.1 Å². The van der Waals surface area contributed by atoms with E-state index in [1.807, 2.05) is 0 Å². The molecule has 0 radical (unpaired) electrons. The highest BCUT2D eigenvalue weighted by Gasteiger charge is 2.21. The first-order chi connectivity index (χ1) is 5.68. The van der Waals surface area contributed by atoms with E-state index in [0.717, 1.165) is 6.42 Å². The van der Waals surface area contributed by atoms with Crippen molar-refractivity contribution in [2.45, 2.75) is 19.3 Å². The molecule has 1 fully saturated rings. The van der Waals surface area contributed by atoms with Crippen LogP contribution in [0, 0.1) is 5.92 Å². The van der Waals surface area contributed by atoms with E-state index in [1.165, 1.54) is 12.8 Å². The summed E-state index contributed by atoms with van der Waals surface area (Å²) in [6.45, 7) is 0.299. The Kier molecular flexibility index (Phi) is 3.34. The van der Waals surface area contributed by atoms with Crippen molar-refractivity contribution in [2.75, 3.05) is 6.61 Å². The molecular weight excluding hydrogens is 184 g/mol. The van der Waals surface area contributed by atoms with E-state index in [0.29, 0.717) is 12.5 Å². The van der Waals surface area contributed by atoms with Gasteiger partial charge >= 0.3 is 11.6 Å². The molecule has 0 bridgehead atoms. The van der Waals surface area contributed by atoms with Gasteiger partial charge in [0.1, 0.15) is 0 Å². The molecule has 0 amide bonds. The lowest BCUT2D eigenvalue weighted by atomic mass is 10.3. The Balaban J connectivity index is 1.97. The zero-order valence-electron chi connectivity index (χ0n) is 6.42. The van der Waals surface area contributed by atoms with E-state index in [-0.39, 0.29) is 0 Å². The topological polar surface area (TPSA) is 52.6 Å². The SMILES string of the molecule is O=C(Cl)OC(=O)OCCC1CC1. The van der Waals surface area contributed by atoms with Crippen LogP contribution in [0.1, 0.15) is 19.3 Å². The molecule has 0 aliphatic heterocycles. The summed E-state index contributed by atoms with van der Waals surface area (Å²) >= 11 is 4.76. The van der Waals surface area contributed by atoms with Gasteiger partial charge in [0, 0.05) is 11.6 Å². The molecule has 0 N–H and O–H groups in total. The summed E-state index contributed by atoms with van der Waals surface area (Å²) in [7, 11) is 0. The summed E-state index contributed by atoms with van der Waals surface area (Å²) < 4.78 is 8.46. The van der Waals surface area contributed by atoms with Crippen LogP contribution in [-0.2, 0) is 9.47 Å². The van der Waals surface area contributed by atoms with Gasteiger partial charge in [0.15, 0.2) is 0 Å². The molecule has 0 atom stereocenters. The molecule has 1 saturated carbocycles. The average Bonchev–Trinajstić information content (AvgIpc) is 2.69. The van der Waals surface area contributed by atoms with Gasteiger partial charge in [-0.15, -0.1) is 0 Å². The molecule has 1 aliphatic carbocycles. The van der Waals surface area contributed by atoms with E-state index in [9.17, 15) is 9.59 Å². The Morgan fingerprint density at radius 1 is 1.42 bits per heavy atom. The van der Waals surface area contributed by atoms with Gasteiger partial charge in [-0.25, -0.2) is 9.59 Å². The van der Waals surface area contributed by atoms with Crippen LogP contribution in [0.15, 0.2) is 0 Å². The van der Waals surface area contributed by atoms with Gasteiger partial charge in [-0.1, -0.05) is 12.8 Å². The number of rotatable bonds is 3. The number of carbonyl (C=O) groups is 2. The average molecular weight is 193 g/mol. The third-order valence-electron chi connectivity index (χ3n) is 1.61. The Labute approximate surface area is 74.8 Å². The van der Waals surface area contributed by atoms with Crippen LogP contribution in [0.4, 0.5) is 9.59 Å². The highest BCUT2D eigenvalue weighted by molar-refractivity contribution is 6.61. The quantitative estimate of drug-likeness (QED) is 0.391. The van der Waals surface area contributed by atoms with Crippen LogP contribution >= 0.6 is 11.6 Å². The summed E-state index contributed by atoms with van der Waals surface area (Å²) in [6.07, 6.45) is 2.22. The van der Waals surface area contributed by atoms with E-state index in [1.54, 1.807) is 0 Å². The van der Waals surface area contributed by atoms with Crippen molar-refractivity contribution in [3.05, 3.63) is 0 Å². The highest BCUT2D eigenvalue weighted by atomic mass is 35.5. The van der Waals surface area contributed by atoms with Gasteiger partial charge in [0.25, 0.3) is 0 Å². The zero-order chi connectivity index (χ0) is 8.97. The summed E-state index contributed by atoms with van der Waals surface area (Å²) in [5.74, 6) is 0.685. The van der Waals surface area contributed by atoms with Crippen LogP contribution < -0.4 is 0 Å². The molecule has 0 saturated heterocycles. The van der Waals surface area contributed by atoms with Crippen LogP contribution in [0.3, 0.4) is 0 Å². The molecule has 1 rings (SSSR count). The lowest BCUT2D eigenvalue weighted by Gasteiger charge is -2.00. The fourth-order valence-electron chi connectivity index (χ4n) is 0.810. The van der Waals surface area contributed by atoms with Crippen LogP contribution in [-0.4, -0.2) is 18.2 Å². The van der Waals surface area contributed by atoms with E-state index in [4.69, 9.17) is 11.6 Å². The third kappa shape index (κ3) is 4.18. The molecule has 4 nitrogen and oxygen atoms in total. The predicted octanol–water partition coefficient (Wildman–Crippen LogP) is 2.30. The lowest BCUT2D eigenvalue weighted by Crippen LogP contribution is -2.09. The van der Waals surface area contributed by atoms with Gasteiger partial charge < -0.3 is 9.47 Å². The number of hydrogen-bond acceptors (Lipinski definition) is 4. The van der Waals surface area contributed by atoms with Gasteiger partial charge in [0.05, 0.1) is 6.61 Å². The van der Waals surface area contributed by atoms with Gasteiger partial charge in [0.2, 0.25) is 0 Å². The van der Waals surface area contributed by atoms with Gasteiger partial charge in [-0.2, -0.15) is 0 Å². The van der Waals surface area contributed by atoms with Crippen molar-refractivity contribution in [3.63, 3.8) is 0 Å². The second-order valence-corrected chi connectivity index (χ2v) is 2.98. The van der Waals surface area contributed by atoms with Crippen molar-refractivity contribution in [1.82, 2.24) is 0 Å². The monoisotopic (exact) mass is 192 g/mol. The molecule has 0 heterocycles. The minimum Gasteiger partial charge on any atom is -0.434 e. The van der Waals surface area contributed by atoms with Crippen LogP contribution in [0.5, 0.6) is 0 Å². The Morgan fingerprint density at radius 2 is 2.08 bits per heavy atom. The Hall–Kier alpha value is -0.770. The molecule has 0 unspecified atom stereocenters. The van der Waals surface area contributed by atoms with Crippen molar-refractivity contribution >= 4 is 23.2 Å². The van der Waals surface area contributed by atoms with E-state index < -0.39 is 11.6 Å². The molecule has 0 aromatic rings. The van der Waals surface area contributed by atoms with Crippen LogP contribution in [0.25, 0.3) is 0 Å². The first-order valence-corrected chi connectivity index (χ1v) is 4.10. The minimum atomic E-state index is -1.16. The van der Waals surface area contributed by atoms with Gasteiger partial charge in [-0.3, -0.25) is 0 Å². The molecule has 0 aromatic carbocycles. The van der Waals surface area contributed by atoms with Crippen molar-refractivity contribution in [1.29, 1.82) is 0 Å². The zero-order valence-corrected chi connectivity index (χ0v) is 7.17. The lowest BCUT2D eigenvalue weighted by molar-refractivity contribution is 0.0810. The fraction of sp³-hybridized carbons (Fsp3) is 0.714. The molecule has 5 heteroatoms. The third-order valence-corrected chi connectivity index (χ3v) is 1.68.